The Kier molecular flexibility index (Phi) is 19.7. The molecule has 5 nitrogen and oxygen atoms in total. The Morgan fingerprint density at radius 3 is 1.47 bits per heavy atom. The number of carbonyl (C=O) groups excluding carboxylic acids is 1. The molecule has 0 aromatic heterocycles. The van der Waals surface area contributed by atoms with E-state index in [1.807, 2.05) is 13.8 Å². The average Bonchev–Trinajstić information content (AvgIpc) is 2.79. The molecule has 0 atom stereocenters. The van der Waals surface area contributed by atoms with Crippen LogP contribution < -0.4 is 0 Å². The van der Waals surface area contributed by atoms with Gasteiger partial charge in [-0.15, -0.1) is 0 Å². The van der Waals surface area contributed by atoms with Gasteiger partial charge in [-0.1, -0.05) is 96.8 Å². The van der Waals surface area contributed by atoms with E-state index in [0.717, 1.165) is 12.8 Å². The number of hydrogen-bond acceptors (Lipinski definition) is 5. The van der Waals surface area contributed by atoms with E-state index in [1.165, 1.54) is 83.5 Å². The summed E-state index contributed by atoms with van der Waals surface area (Å²) >= 11 is 0. The van der Waals surface area contributed by atoms with Gasteiger partial charge in [-0.25, -0.2) is 0 Å². The summed E-state index contributed by atoms with van der Waals surface area (Å²) in [7, 11) is 2.23. The molecule has 0 radical (unpaired) electrons. The third-order valence-corrected chi connectivity index (χ3v) is 9.33. The van der Waals surface area contributed by atoms with Crippen LogP contribution in [0.3, 0.4) is 0 Å². The summed E-state index contributed by atoms with van der Waals surface area (Å²) in [4.78, 5) is 12.5. The molecule has 0 aromatic carbocycles. The zero-order valence-electron chi connectivity index (χ0n) is 22.3. The molecule has 32 heavy (non-hydrogen) atoms. The first-order valence-electron chi connectivity index (χ1n) is 13.2. The number of carbonyl (C=O) groups is 1. The predicted molar refractivity (Wildman–Crippen MR) is 136 cm³/mol. The highest BCUT2D eigenvalue weighted by atomic mass is 28.4. The Balaban J connectivity index is 3.68. The van der Waals surface area contributed by atoms with Gasteiger partial charge in [-0.2, -0.15) is 0 Å². The quantitative estimate of drug-likeness (QED) is 0.0862. The zero-order chi connectivity index (χ0) is 24.1. The van der Waals surface area contributed by atoms with Gasteiger partial charge in [0.2, 0.25) is 0 Å². The Morgan fingerprint density at radius 1 is 0.656 bits per heavy atom. The van der Waals surface area contributed by atoms with E-state index >= 15 is 0 Å². The fourth-order valence-corrected chi connectivity index (χ4v) is 5.76. The van der Waals surface area contributed by atoms with Crippen molar-refractivity contribution in [3.05, 3.63) is 0 Å². The van der Waals surface area contributed by atoms with Crippen molar-refractivity contribution >= 4 is 14.8 Å². The third kappa shape index (κ3) is 15.4. The molecular formula is C26H54O5Si. The summed E-state index contributed by atoms with van der Waals surface area (Å²) in [6, 6.07) is 0.642. The predicted octanol–water partition coefficient (Wildman–Crippen LogP) is 7.70. The molecule has 0 aromatic rings. The molecular weight excluding hydrogens is 420 g/mol. The van der Waals surface area contributed by atoms with Gasteiger partial charge in [0.25, 0.3) is 0 Å². The van der Waals surface area contributed by atoms with Gasteiger partial charge >= 0.3 is 14.8 Å². The van der Waals surface area contributed by atoms with Crippen LogP contribution in [0.15, 0.2) is 0 Å². The van der Waals surface area contributed by atoms with Crippen molar-refractivity contribution in [2.45, 2.75) is 130 Å². The molecule has 0 aliphatic rings. The maximum Gasteiger partial charge on any atom is 0.500 e. The smallest absolute Gasteiger partial charge is 0.465 e. The molecule has 0 aliphatic heterocycles. The highest BCUT2D eigenvalue weighted by Crippen LogP contribution is 2.26. The Morgan fingerprint density at radius 2 is 1.06 bits per heavy atom. The van der Waals surface area contributed by atoms with Gasteiger partial charge in [0, 0.05) is 27.4 Å². The maximum absolute atomic E-state index is 12.5. The van der Waals surface area contributed by atoms with Gasteiger partial charge < -0.3 is 18.0 Å². The van der Waals surface area contributed by atoms with E-state index in [4.69, 9.17) is 18.0 Å². The van der Waals surface area contributed by atoms with Crippen LogP contribution in [-0.4, -0.2) is 42.7 Å². The van der Waals surface area contributed by atoms with Crippen molar-refractivity contribution in [1.82, 2.24) is 0 Å². The third-order valence-electron chi connectivity index (χ3n) is 6.50. The summed E-state index contributed by atoms with van der Waals surface area (Å²) in [6.45, 7) is 6.65. The van der Waals surface area contributed by atoms with Gasteiger partial charge in [-0.05, 0) is 26.7 Å². The van der Waals surface area contributed by atoms with Crippen LogP contribution in [0.25, 0.3) is 0 Å². The minimum Gasteiger partial charge on any atom is -0.465 e. The number of rotatable bonds is 23. The molecule has 0 unspecified atom stereocenters. The molecule has 0 aliphatic carbocycles. The van der Waals surface area contributed by atoms with E-state index in [0.29, 0.717) is 19.1 Å². The molecule has 0 bridgehead atoms. The van der Waals surface area contributed by atoms with Gasteiger partial charge in [-0.3, -0.25) is 4.79 Å². The lowest BCUT2D eigenvalue weighted by Gasteiger charge is -2.25. The summed E-state index contributed by atoms with van der Waals surface area (Å²) in [5, 5.41) is 0. The first-order chi connectivity index (χ1) is 15.4. The molecule has 0 heterocycles. The second-order valence-electron chi connectivity index (χ2n) is 9.76. The van der Waals surface area contributed by atoms with E-state index in [-0.39, 0.29) is 5.97 Å². The highest BCUT2D eigenvalue weighted by molar-refractivity contribution is 6.60. The molecule has 0 fully saturated rings. The first kappa shape index (κ1) is 31.6. The van der Waals surface area contributed by atoms with E-state index in [1.54, 1.807) is 21.3 Å². The van der Waals surface area contributed by atoms with Crippen molar-refractivity contribution in [3.63, 3.8) is 0 Å². The molecule has 192 valence electrons. The summed E-state index contributed by atoms with van der Waals surface area (Å²) in [6.07, 6.45) is 20.4. The SMILES string of the molecule is CCCCCCCCCCCCCCCCC(C)(C)C(=O)OCCC[Si](OC)(OC)OC. The molecule has 0 saturated heterocycles. The van der Waals surface area contributed by atoms with Crippen molar-refractivity contribution < 1.29 is 22.8 Å². The minimum absolute atomic E-state index is 0.105. The molecule has 0 rings (SSSR count). The van der Waals surface area contributed by atoms with Crippen molar-refractivity contribution in [3.8, 4) is 0 Å². The van der Waals surface area contributed by atoms with Crippen molar-refractivity contribution in [1.29, 1.82) is 0 Å². The fraction of sp³-hybridized carbons (Fsp3) is 0.962. The standard InChI is InChI=1S/C26H54O5Si/c1-7-8-9-10-11-12-13-14-15-16-17-18-19-20-22-26(2,3)25(27)31-23-21-24-32(28-4,29-5)30-6/h7-24H2,1-6H3. The second kappa shape index (κ2) is 20.0. The van der Waals surface area contributed by atoms with Crippen LogP contribution >= 0.6 is 0 Å². The maximum atomic E-state index is 12.5. The van der Waals surface area contributed by atoms with E-state index in [9.17, 15) is 4.79 Å². The van der Waals surface area contributed by atoms with Gasteiger partial charge in [0.15, 0.2) is 0 Å². The minimum atomic E-state index is -2.58. The number of ether oxygens (including phenoxy) is 1. The van der Waals surface area contributed by atoms with Gasteiger partial charge in [0.1, 0.15) is 0 Å². The summed E-state index contributed by atoms with van der Waals surface area (Å²) in [5.41, 5.74) is -0.421. The van der Waals surface area contributed by atoms with Crippen LogP contribution in [0.4, 0.5) is 0 Å². The first-order valence-corrected chi connectivity index (χ1v) is 15.1. The number of unbranched alkanes of at least 4 members (excludes halogenated alkanes) is 13. The van der Waals surface area contributed by atoms with Gasteiger partial charge in [0.05, 0.1) is 12.0 Å². The highest BCUT2D eigenvalue weighted by Gasteiger charge is 2.37. The van der Waals surface area contributed by atoms with Crippen molar-refractivity contribution in [2.75, 3.05) is 27.9 Å². The molecule has 0 spiro atoms. The normalized spacial score (nSPS) is 12.3. The molecule has 0 amide bonds. The van der Waals surface area contributed by atoms with Crippen LogP contribution in [0.1, 0.15) is 124 Å². The largest absolute Gasteiger partial charge is 0.500 e. The van der Waals surface area contributed by atoms with Crippen LogP contribution in [0.5, 0.6) is 0 Å². The van der Waals surface area contributed by atoms with E-state index in [2.05, 4.69) is 6.92 Å². The van der Waals surface area contributed by atoms with Crippen molar-refractivity contribution in [2.24, 2.45) is 5.41 Å². The monoisotopic (exact) mass is 474 g/mol. The Bertz CT molecular complexity index is 430. The lowest BCUT2D eigenvalue weighted by molar-refractivity contribution is -0.154. The van der Waals surface area contributed by atoms with Crippen LogP contribution in [0, 0.1) is 5.41 Å². The van der Waals surface area contributed by atoms with Crippen LogP contribution in [-0.2, 0) is 22.8 Å². The zero-order valence-corrected chi connectivity index (χ0v) is 23.3. The lowest BCUT2D eigenvalue weighted by atomic mass is 9.87. The Labute approximate surface area is 200 Å². The molecule has 0 saturated carbocycles. The average molecular weight is 475 g/mol. The summed E-state index contributed by atoms with van der Waals surface area (Å²) in [5.74, 6) is -0.105. The molecule has 0 N–H and O–H groups in total. The Hall–Kier alpha value is -0.433. The lowest BCUT2D eigenvalue weighted by Crippen LogP contribution is -2.42. The summed E-state index contributed by atoms with van der Waals surface area (Å²) < 4.78 is 21.7. The van der Waals surface area contributed by atoms with Crippen LogP contribution in [0.2, 0.25) is 6.04 Å². The topological polar surface area (TPSA) is 54.0 Å². The molecule has 6 heteroatoms. The second-order valence-corrected chi connectivity index (χ2v) is 12.9. The fourth-order valence-electron chi connectivity index (χ4n) is 4.07. The number of hydrogen-bond donors (Lipinski definition) is 0. The van der Waals surface area contributed by atoms with E-state index < -0.39 is 14.2 Å². The number of esters is 1.